The summed E-state index contributed by atoms with van der Waals surface area (Å²) in [4.78, 5) is 12.8. The second kappa shape index (κ2) is 7.41. The van der Waals surface area contributed by atoms with Crippen LogP contribution in [0.3, 0.4) is 0 Å². The highest BCUT2D eigenvalue weighted by atomic mass is 19.1. The molecule has 2 N–H and O–H groups in total. The minimum atomic E-state index is -0.446. The standard InChI is InChI=1S/C18H27FN2O2/c1-17(2,14-4-6-15(19)7-5-14)12-21-16(22)18(13-23-3)8-10-20-11-9-18/h4-7,20H,8-13H2,1-3H3,(H,21,22). The maximum Gasteiger partial charge on any atom is 0.228 e. The van der Waals surface area contributed by atoms with E-state index in [0.29, 0.717) is 13.2 Å². The van der Waals surface area contributed by atoms with Gasteiger partial charge in [-0.3, -0.25) is 4.79 Å². The third-order valence-corrected chi connectivity index (χ3v) is 4.78. The molecule has 0 aliphatic carbocycles. The zero-order valence-electron chi connectivity index (χ0n) is 14.2. The van der Waals surface area contributed by atoms with E-state index in [-0.39, 0.29) is 17.1 Å². The predicted molar refractivity (Wildman–Crippen MR) is 88.8 cm³/mol. The van der Waals surface area contributed by atoms with Crippen LogP contribution in [0.15, 0.2) is 24.3 Å². The Bertz CT molecular complexity index is 517. The lowest BCUT2D eigenvalue weighted by molar-refractivity contribution is -0.136. The van der Waals surface area contributed by atoms with E-state index in [1.807, 2.05) is 13.8 Å². The molecule has 1 saturated heterocycles. The molecular weight excluding hydrogens is 295 g/mol. The van der Waals surface area contributed by atoms with Gasteiger partial charge < -0.3 is 15.4 Å². The number of amides is 1. The van der Waals surface area contributed by atoms with Gasteiger partial charge in [0.1, 0.15) is 5.82 Å². The third-order valence-electron chi connectivity index (χ3n) is 4.78. The van der Waals surface area contributed by atoms with Gasteiger partial charge >= 0.3 is 0 Å². The summed E-state index contributed by atoms with van der Waals surface area (Å²) in [6, 6.07) is 6.46. The number of nitrogens with one attached hydrogen (secondary N) is 2. The molecule has 0 radical (unpaired) electrons. The molecule has 0 saturated carbocycles. The summed E-state index contributed by atoms with van der Waals surface area (Å²) < 4.78 is 18.4. The Morgan fingerprint density at radius 3 is 2.48 bits per heavy atom. The SMILES string of the molecule is COCC1(C(=O)NCC(C)(C)c2ccc(F)cc2)CCNCC1. The Labute approximate surface area is 137 Å². The Hall–Kier alpha value is -1.46. The van der Waals surface area contributed by atoms with Gasteiger partial charge in [-0.1, -0.05) is 26.0 Å². The second-order valence-corrected chi connectivity index (χ2v) is 7.04. The van der Waals surface area contributed by atoms with Crippen molar-refractivity contribution in [2.45, 2.75) is 32.1 Å². The summed E-state index contributed by atoms with van der Waals surface area (Å²) in [6.45, 7) is 6.71. The number of hydrogen-bond acceptors (Lipinski definition) is 3. The van der Waals surface area contributed by atoms with Gasteiger partial charge in [-0.2, -0.15) is 0 Å². The Morgan fingerprint density at radius 1 is 1.30 bits per heavy atom. The topological polar surface area (TPSA) is 50.4 Å². The van der Waals surface area contributed by atoms with Gasteiger partial charge in [0.2, 0.25) is 5.91 Å². The fourth-order valence-corrected chi connectivity index (χ4v) is 3.11. The van der Waals surface area contributed by atoms with Crippen LogP contribution in [0.5, 0.6) is 0 Å². The van der Waals surface area contributed by atoms with Crippen molar-refractivity contribution in [3.8, 4) is 0 Å². The normalized spacial score (nSPS) is 17.7. The first-order chi connectivity index (χ1) is 10.9. The van der Waals surface area contributed by atoms with Crippen LogP contribution in [0.2, 0.25) is 0 Å². The van der Waals surface area contributed by atoms with E-state index in [1.54, 1.807) is 19.2 Å². The minimum Gasteiger partial charge on any atom is -0.384 e. The number of halogens is 1. The number of hydrogen-bond donors (Lipinski definition) is 2. The number of methoxy groups -OCH3 is 1. The monoisotopic (exact) mass is 322 g/mol. The molecule has 5 heteroatoms. The Kier molecular flexibility index (Phi) is 5.76. The molecule has 1 heterocycles. The molecule has 4 nitrogen and oxygen atoms in total. The first-order valence-corrected chi connectivity index (χ1v) is 8.14. The van der Waals surface area contributed by atoms with Gasteiger partial charge in [0.25, 0.3) is 0 Å². The smallest absolute Gasteiger partial charge is 0.228 e. The quantitative estimate of drug-likeness (QED) is 0.844. The summed E-state index contributed by atoms with van der Waals surface area (Å²) in [5.74, 6) is -0.196. The average Bonchev–Trinajstić information content (AvgIpc) is 2.54. The second-order valence-electron chi connectivity index (χ2n) is 7.04. The Balaban J connectivity index is 2.02. The van der Waals surface area contributed by atoms with Crippen molar-refractivity contribution in [1.29, 1.82) is 0 Å². The van der Waals surface area contributed by atoms with Gasteiger partial charge in [-0.25, -0.2) is 4.39 Å². The van der Waals surface area contributed by atoms with Crippen molar-refractivity contribution in [3.05, 3.63) is 35.6 Å². The van der Waals surface area contributed by atoms with Crippen molar-refractivity contribution in [2.75, 3.05) is 33.4 Å². The number of ether oxygens (including phenoxy) is 1. The van der Waals surface area contributed by atoms with Gasteiger partial charge in [0.15, 0.2) is 0 Å². The minimum absolute atomic E-state index is 0.0519. The third kappa shape index (κ3) is 4.30. The van der Waals surface area contributed by atoms with Gasteiger partial charge in [-0.15, -0.1) is 0 Å². The van der Waals surface area contributed by atoms with Gasteiger partial charge in [0, 0.05) is 19.1 Å². The average molecular weight is 322 g/mol. The first-order valence-electron chi connectivity index (χ1n) is 8.14. The van der Waals surface area contributed by atoms with E-state index in [9.17, 15) is 9.18 Å². The highest BCUT2D eigenvalue weighted by molar-refractivity contribution is 5.83. The summed E-state index contributed by atoms with van der Waals surface area (Å²) in [5, 5.41) is 6.38. The lowest BCUT2D eigenvalue weighted by Gasteiger charge is -2.36. The molecule has 128 valence electrons. The molecule has 1 aliphatic rings. The molecule has 0 aromatic heterocycles. The maximum atomic E-state index is 13.1. The summed E-state index contributed by atoms with van der Waals surface area (Å²) >= 11 is 0. The van der Waals surface area contributed by atoms with Crippen molar-refractivity contribution in [1.82, 2.24) is 10.6 Å². The van der Waals surface area contributed by atoms with E-state index in [2.05, 4.69) is 10.6 Å². The lowest BCUT2D eigenvalue weighted by atomic mass is 9.78. The molecule has 1 aromatic carbocycles. The van der Waals surface area contributed by atoms with Crippen LogP contribution in [-0.4, -0.2) is 39.3 Å². The molecule has 0 unspecified atom stereocenters. The summed E-state index contributed by atoms with van der Waals surface area (Å²) in [5.41, 5.74) is 0.300. The number of benzene rings is 1. The molecular formula is C18H27FN2O2. The number of carbonyl (C=O) groups is 1. The fraction of sp³-hybridized carbons (Fsp3) is 0.611. The zero-order chi connectivity index (χ0) is 16.9. The van der Waals surface area contributed by atoms with Crippen molar-refractivity contribution in [2.24, 2.45) is 5.41 Å². The number of piperidine rings is 1. The van der Waals surface area contributed by atoms with Crippen LogP contribution in [-0.2, 0) is 14.9 Å². The van der Waals surface area contributed by atoms with E-state index in [1.165, 1.54) is 12.1 Å². The van der Waals surface area contributed by atoms with Crippen LogP contribution in [0.1, 0.15) is 32.3 Å². The summed E-state index contributed by atoms with van der Waals surface area (Å²) in [6.07, 6.45) is 1.56. The molecule has 23 heavy (non-hydrogen) atoms. The summed E-state index contributed by atoms with van der Waals surface area (Å²) in [7, 11) is 1.64. The zero-order valence-corrected chi connectivity index (χ0v) is 14.2. The highest BCUT2D eigenvalue weighted by Gasteiger charge is 2.40. The lowest BCUT2D eigenvalue weighted by Crippen LogP contribution is -2.52. The molecule has 0 bridgehead atoms. The van der Waals surface area contributed by atoms with Crippen LogP contribution in [0.25, 0.3) is 0 Å². The molecule has 2 rings (SSSR count). The maximum absolute atomic E-state index is 13.1. The van der Waals surface area contributed by atoms with E-state index < -0.39 is 5.41 Å². The van der Waals surface area contributed by atoms with E-state index >= 15 is 0 Å². The highest BCUT2D eigenvalue weighted by Crippen LogP contribution is 2.30. The number of rotatable bonds is 6. The van der Waals surface area contributed by atoms with Crippen LogP contribution < -0.4 is 10.6 Å². The molecule has 1 fully saturated rings. The molecule has 1 aromatic rings. The van der Waals surface area contributed by atoms with Crippen LogP contribution >= 0.6 is 0 Å². The van der Waals surface area contributed by atoms with E-state index in [4.69, 9.17) is 4.74 Å². The van der Waals surface area contributed by atoms with Crippen molar-refractivity contribution < 1.29 is 13.9 Å². The van der Waals surface area contributed by atoms with E-state index in [0.717, 1.165) is 31.5 Å². The van der Waals surface area contributed by atoms with Crippen LogP contribution in [0, 0.1) is 11.2 Å². The molecule has 1 amide bonds. The molecule has 0 atom stereocenters. The number of carbonyl (C=O) groups excluding carboxylic acids is 1. The van der Waals surface area contributed by atoms with Gasteiger partial charge in [-0.05, 0) is 43.6 Å². The van der Waals surface area contributed by atoms with Crippen LogP contribution in [0.4, 0.5) is 4.39 Å². The fourth-order valence-electron chi connectivity index (χ4n) is 3.11. The first kappa shape index (κ1) is 17.9. The molecule has 0 spiro atoms. The van der Waals surface area contributed by atoms with Crippen molar-refractivity contribution >= 4 is 5.91 Å². The van der Waals surface area contributed by atoms with Crippen molar-refractivity contribution in [3.63, 3.8) is 0 Å². The predicted octanol–water partition coefficient (Wildman–Crippen LogP) is 2.24. The largest absolute Gasteiger partial charge is 0.384 e. The van der Waals surface area contributed by atoms with Gasteiger partial charge in [0.05, 0.1) is 12.0 Å². The molecule has 1 aliphatic heterocycles. The Morgan fingerprint density at radius 2 is 1.91 bits per heavy atom.